The lowest BCUT2D eigenvalue weighted by atomic mass is 10.3. The van der Waals surface area contributed by atoms with E-state index in [9.17, 15) is 0 Å². The van der Waals surface area contributed by atoms with Gasteiger partial charge in [0, 0.05) is 24.5 Å². The van der Waals surface area contributed by atoms with Crippen molar-refractivity contribution in [2.45, 2.75) is 25.3 Å². The Morgan fingerprint density at radius 3 is 2.94 bits per heavy atom. The lowest BCUT2D eigenvalue weighted by molar-refractivity contribution is 0.796. The minimum absolute atomic E-state index is 0. The Hall–Kier alpha value is -0.300. The van der Waals surface area contributed by atoms with E-state index >= 15 is 0 Å². The van der Waals surface area contributed by atoms with Crippen LogP contribution in [0.2, 0.25) is 0 Å². The predicted molar refractivity (Wildman–Crippen MR) is 81.0 cm³/mol. The van der Waals surface area contributed by atoms with E-state index in [-0.39, 0.29) is 24.0 Å². The highest BCUT2D eigenvalue weighted by Crippen LogP contribution is 2.18. The normalized spacial score (nSPS) is 15.4. The highest BCUT2D eigenvalue weighted by atomic mass is 127. The molecule has 1 fully saturated rings. The Kier molecular flexibility index (Phi) is 6.12. The summed E-state index contributed by atoms with van der Waals surface area (Å²) >= 11 is 1.81. The number of nitrogens with zero attached hydrogens (tertiary/aromatic N) is 1. The van der Waals surface area contributed by atoms with E-state index in [0.29, 0.717) is 6.04 Å². The monoisotopic (exact) mass is 351 g/mol. The highest BCUT2D eigenvalue weighted by Gasteiger charge is 2.21. The fourth-order valence-corrected chi connectivity index (χ4v) is 2.08. The van der Waals surface area contributed by atoms with Crippen molar-refractivity contribution in [1.82, 2.24) is 10.6 Å². The minimum Gasteiger partial charge on any atom is -0.356 e. The number of halogens is 1. The fourth-order valence-electron chi connectivity index (χ4n) is 1.37. The predicted octanol–water partition coefficient (Wildman–Crippen LogP) is 2.24. The number of hydrogen-bond donors (Lipinski definition) is 2. The molecule has 2 rings (SSSR count). The van der Waals surface area contributed by atoms with Crippen LogP contribution in [0.15, 0.2) is 22.5 Å². The van der Waals surface area contributed by atoms with Crippen molar-refractivity contribution in [2.75, 3.05) is 13.6 Å². The summed E-state index contributed by atoms with van der Waals surface area (Å²) in [7, 11) is 1.82. The fraction of sp³-hybridized carbons (Fsp3) is 0.545. The van der Waals surface area contributed by atoms with Crippen LogP contribution in [0.3, 0.4) is 0 Å². The van der Waals surface area contributed by atoms with Gasteiger partial charge in [0.25, 0.3) is 0 Å². The number of thiophene rings is 1. The molecule has 0 bridgehead atoms. The Morgan fingerprint density at radius 1 is 1.56 bits per heavy atom. The number of nitrogens with one attached hydrogen (secondary N) is 2. The van der Waals surface area contributed by atoms with Crippen molar-refractivity contribution < 1.29 is 0 Å². The molecule has 0 radical (unpaired) electrons. The molecule has 1 heterocycles. The van der Waals surface area contributed by atoms with Crippen LogP contribution in [0.5, 0.6) is 0 Å². The zero-order chi connectivity index (χ0) is 10.5. The molecule has 1 aliphatic carbocycles. The summed E-state index contributed by atoms with van der Waals surface area (Å²) in [5.41, 5.74) is 0. The maximum absolute atomic E-state index is 4.18. The summed E-state index contributed by atoms with van der Waals surface area (Å²) in [6.45, 7) is 0.951. The van der Waals surface area contributed by atoms with Crippen LogP contribution >= 0.6 is 35.3 Å². The van der Waals surface area contributed by atoms with E-state index in [1.807, 2.05) is 18.4 Å². The van der Waals surface area contributed by atoms with Crippen LogP contribution in [0.25, 0.3) is 0 Å². The first-order valence-electron chi connectivity index (χ1n) is 5.38. The van der Waals surface area contributed by atoms with Gasteiger partial charge in [0.15, 0.2) is 5.96 Å². The van der Waals surface area contributed by atoms with Crippen LogP contribution in [0, 0.1) is 0 Å². The number of hydrogen-bond acceptors (Lipinski definition) is 2. The Labute approximate surface area is 118 Å². The van der Waals surface area contributed by atoms with Gasteiger partial charge in [-0.05, 0) is 30.7 Å². The first-order valence-corrected chi connectivity index (χ1v) is 6.26. The van der Waals surface area contributed by atoms with Gasteiger partial charge in [-0.25, -0.2) is 0 Å². The third-order valence-electron chi connectivity index (χ3n) is 2.39. The van der Waals surface area contributed by atoms with Crippen LogP contribution in [0.1, 0.15) is 17.7 Å². The molecule has 0 aromatic carbocycles. The van der Waals surface area contributed by atoms with Gasteiger partial charge in [0.2, 0.25) is 0 Å². The SMILES string of the molecule is CN=C(NCCc1cccs1)NC1CC1.I. The van der Waals surface area contributed by atoms with Crippen molar-refractivity contribution in [3.8, 4) is 0 Å². The molecular weight excluding hydrogens is 333 g/mol. The molecule has 0 aliphatic heterocycles. The third kappa shape index (κ3) is 4.69. The number of aliphatic imine (C=N–C) groups is 1. The van der Waals surface area contributed by atoms with Gasteiger partial charge >= 0.3 is 0 Å². The van der Waals surface area contributed by atoms with Crippen LogP contribution in [-0.2, 0) is 6.42 Å². The molecule has 5 heteroatoms. The summed E-state index contributed by atoms with van der Waals surface area (Å²) in [5, 5.41) is 8.81. The molecule has 1 saturated carbocycles. The maximum Gasteiger partial charge on any atom is 0.191 e. The maximum atomic E-state index is 4.18. The van der Waals surface area contributed by atoms with E-state index in [1.54, 1.807) is 0 Å². The molecule has 2 N–H and O–H groups in total. The van der Waals surface area contributed by atoms with Gasteiger partial charge in [0.05, 0.1) is 0 Å². The Morgan fingerprint density at radius 2 is 2.38 bits per heavy atom. The first kappa shape index (κ1) is 13.8. The quantitative estimate of drug-likeness (QED) is 0.496. The molecule has 1 aromatic heterocycles. The van der Waals surface area contributed by atoms with Crippen molar-refractivity contribution in [3.05, 3.63) is 22.4 Å². The minimum atomic E-state index is 0. The molecule has 0 atom stereocenters. The van der Waals surface area contributed by atoms with E-state index in [4.69, 9.17) is 0 Å². The molecule has 0 unspecified atom stereocenters. The zero-order valence-electron chi connectivity index (χ0n) is 9.40. The summed E-state index contributed by atoms with van der Waals surface area (Å²) in [4.78, 5) is 5.61. The van der Waals surface area contributed by atoms with Gasteiger partial charge in [-0.2, -0.15) is 0 Å². The summed E-state index contributed by atoms with van der Waals surface area (Å²) < 4.78 is 0. The van der Waals surface area contributed by atoms with Crippen LogP contribution < -0.4 is 10.6 Å². The van der Waals surface area contributed by atoms with Gasteiger partial charge in [-0.15, -0.1) is 35.3 Å². The molecule has 3 nitrogen and oxygen atoms in total. The topological polar surface area (TPSA) is 36.4 Å². The van der Waals surface area contributed by atoms with Gasteiger partial charge in [0.1, 0.15) is 0 Å². The molecule has 1 aromatic rings. The molecule has 1 aliphatic rings. The molecule has 0 amide bonds. The van der Waals surface area contributed by atoms with E-state index in [1.165, 1.54) is 17.7 Å². The molecular formula is C11H18IN3S. The second-order valence-corrected chi connectivity index (χ2v) is 4.78. The second-order valence-electron chi connectivity index (χ2n) is 3.75. The van der Waals surface area contributed by atoms with E-state index in [2.05, 4.69) is 33.1 Å². The summed E-state index contributed by atoms with van der Waals surface area (Å²) in [5.74, 6) is 0.939. The van der Waals surface area contributed by atoms with Crippen molar-refractivity contribution in [3.63, 3.8) is 0 Å². The van der Waals surface area contributed by atoms with Gasteiger partial charge in [-0.1, -0.05) is 6.07 Å². The average Bonchev–Trinajstić information content (AvgIpc) is 2.91. The largest absolute Gasteiger partial charge is 0.356 e. The van der Waals surface area contributed by atoms with E-state index in [0.717, 1.165) is 18.9 Å². The molecule has 0 saturated heterocycles. The summed E-state index contributed by atoms with van der Waals surface area (Å²) in [6, 6.07) is 4.93. The lowest BCUT2D eigenvalue weighted by Gasteiger charge is -2.10. The third-order valence-corrected chi connectivity index (χ3v) is 3.32. The van der Waals surface area contributed by atoms with Gasteiger partial charge < -0.3 is 10.6 Å². The number of rotatable bonds is 4. The second kappa shape index (κ2) is 7.11. The summed E-state index contributed by atoms with van der Waals surface area (Å²) in [6.07, 6.45) is 3.64. The Balaban J connectivity index is 0.00000128. The standard InChI is InChI=1S/C11H17N3S.HI/c1-12-11(14-9-4-5-9)13-7-6-10-3-2-8-15-10;/h2-3,8-9H,4-7H2,1H3,(H2,12,13,14);1H. The van der Waals surface area contributed by atoms with Gasteiger partial charge in [-0.3, -0.25) is 4.99 Å². The van der Waals surface area contributed by atoms with Crippen molar-refractivity contribution in [1.29, 1.82) is 0 Å². The Bertz CT molecular complexity index is 320. The lowest BCUT2D eigenvalue weighted by Crippen LogP contribution is -2.39. The zero-order valence-corrected chi connectivity index (χ0v) is 12.5. The smallest absolute Gasteiger partial charge is 0.191 e. The van der Waals surface area contributed by atoms with Crippen LogP contribution in [0.4, 0.5) is 0 Å². The number of guanidine groups is 1. The van der Waals surface area contributed by atoms with Crippen LogP contribution in [-0.4, -0.2) is 25.6 Å². The molecule has 0 spiro atoms. The first-order chi connectivity index (χ1) is 7.38. The van der Waals surface area contributed by atoms with Crippen molar-refractivity contribution >= 4 is 41.3 Å². The molecule has 90 valence electrons. The van der Waals surface area contributed by atoms with Crippen molar-refractivity contribution in [2.24, 2.45) is 4.99 Å². The molecule has 16 heavy (non-hydrogen) atoms. The highest BCUT2D eigenvalue weighted by molar-refractivity contribution is 14.0. The average molecular weight is 351 g/mol. The van der Waals surface area contributed by atoms with E-state index < -0.39 is 0 Å².